The Hall–Kier alpha value is -0.570. The first-order chi connectivity index (χ1) is 6.20. The highest BCUT2D eigenvalue weighted by molar-refractivity contribution is 6.24. The Kier molecular flexibility index (Phi) is 3.53. The quantitative estimate of drug-likeness (QED) is 0.411. The summed E-state index contributed by atoms with van der Waals surface area (Å²) >= 11 is 0. The predicted octanol–water partition coefficient (Wildman–Crippen LogP) is -2.51. The van der Waals surface area contributed by atoms with Crippen LogP contribution in [0.3, 0.4) is 0 Å². The first-order valence-electron chi connectivity index (χ1n) is 5.04. The van der Waals surface area contributed by atoms with Crippen LogP contribution in [0.5, 0.6) is 0 Å². The summed E-state index contributed by atoms with van der Waals surface area (Å²) in [5.74, 6) is 0.158. The molecule has 0 bridgehead atoms. The van der Waals surface area contributed by atoms with Crippen LogP contribution in [0, 0.1) is 0 Å². The van der Waals surface area contributed by atoms with E-state index >= 15 is 0 Å². The second-order valence-electron chi connectivity index (χ2n) is 4.16. The van der Waals surface area contributed by atoms with E-state index < -0.39 is 0 Å². The highest BCUT2D eigenvalue weighted by Gasteiger charge is 2.40. The maximum atomic E-state index is 11.5. The van der Waals surface area contributed by atoms with Crippen LogP contribution in [0.15, 0.2) is 0 Å². The van der Waals surface area contributed by atoms with Crippen LogP contribution in [0.1, 0.15) is 25.7 Å². The van der Waals surface area contributed by atoms with Gasteiger partial charge in [-0.25, -0.2) is 4.58 Å². The average Bonchev–Trinajstić information content (AvgIpc) is 2.15. The van der Waals surface area contributed by atoms with Crippen LogP contribution in [0.2, 0.25) is 0 Å². The third-order valence-electron chi connectivity index (χ3n) is 3.38. The Labute approximate surface area is 91.2 Å². The number of amides is 1. The van der Waals surface area contributed by atoms with E-state index in [9.17, 15) is 4.79 Å². The lowest BCUT2D eigenvalue weighted by molar-refractivity contribution is -0.547. The summed E-state index contributed by atoms with van der Waals surface area (Å²) in [6.45, 7) is 0. The van der Waals surface area contributed by atoms with Crippen molar-refractivity contribution >= 4 is 12.1 Å². The number of hydrogen-bond acceptors (Lipinski definition) is 1. The molecule has 1 aliphatic carbocycles. The number of likely N-dealkylation sites (N-methyl/N-ethyl adjacent to an activating group) is 2. The van der Waals surface area contributed by atoms with Crippen molar-refractivity contribution in [2.75, 3.05) is 14.1 Å². The van der Waals surface area contributed by atoms with Gasteiger partial charge in [-0.3, -0.25) is 4.79 Å². The van der Waals surface area contributed by atoms with E-state index in [-0.39, 0.29) is 18.3 Å². The third kappa shape index (κ3) is 1.78. The molecule has 0 spiro atoms. The molecule has 0 aromatic heterocycles. The lowest BCUT2D eigenvalue weighted by Gasteiger charge is -2.36. The van der Waals surface area contributed by atoms with Gasteiger partial charge >= 0.3 is 5.91 Å². The Morgan fingerprint density at radius 3 is 2.79 bits per heavy atom. The molecule has 0 radical (unpaired) electrons. The van der Waals surface area contributed by atoms with Gasteiger partial charge in [0.15, 0.2) is 6.04 Å². The highest BCUT2D eigenvalue weighted by atomic mass is 35.5. The Morgan fingerprint density at radius 1 is 1.43 bits per heavy atom. The molecule has 1 aliphatic heterocycles. The van der Waals surface area contributed by atoms with Crippen molar-refractivity contribution in [3.05, 3.63) is 0 Å². The van der Waals surface area contributed by atoms with E-state index in [1.54, 1.807) is 6.21 Å². The molecule has 0 N–H and O–H groups in total. The number of nitrogens with zero attached hydrogens (tertiary/aromatic N) is 2. The van der Waals surface area contributed by atoms with E-state index in [1.807, 2.05) is 19.0 Å². The molecular weight excluding hydrogens is 200 g/mol. The molecule has 80 valence electrons. The smallest absolute Gasteiger partial charge is 0.310 e. The molecule has 1 amide bonds. The lowest BCUT2D eigenvalue weighted by Crippen LogP contribution is -3.00. The molecule has 1 heterocycles. The number of rotatable bonds is 0. The molecule has 4 heteroatoms. The number of halogens is 1. The van der Waals surface area contributed by atoms with E-state index in [0.717, 1.165) is 0 Å². The lowest BCUT2D eigenvalue weighted by atomic mass is 9.88. The summed E-state index contributed by atoms with van der Waals surface area (Å²) in [4.78, 5) is 13.4. The van der Waals surface area contributed by atoms with E-state index in [1.165, 1.54) is 25.7 Å². The minimum atomic E-state index is 0. The monoisotopic (exact) mass is 216 g/mol. The molecule has 2 atom stereocenters. The third-order valence-corrected chi connectivity index (χ3v) is 3.38. The van der Waals surface area contributed by atoms with Crippen LogP contribution in [-0.2, 0) is 4.79 Å². The molecular formula is C10H17ClN2O. The zero-order valence-corrected chi connectivity index (χ0v) is 9.50. The van der Waals surface area contributed by atoms with Gasteiger partial charge in [0.2, 0.25) is 6.21 Å². The van der Waals surface area contributed by atoms with Crippen molar-refractivity contribution in [2.45, 2.75) is 37.8 Å². The minimum Gasteiger partial charge on any atom is -1.00 e. The van der Waals surface area contributed by atoms with Crippen LogP contribution >= 0.6 is 0 Å². The molecule has 0 saturated heterocycles. The first-order valence-corrected chi connectivity index (χ1v) is 5.04. The average molecular weight is 217 g/mol. The molecule has 2 aliphatic rings. The Balaban J connectivity index is 0.000000980. The Morgan fingerprint density at radius 2 is 2.07 bits per heavy atom. The summed E-state index contributed by atoms with van der Waals surface area (Å²) in [6.07, 6.45) is 6.71. The second-order valence-corrected chi connectivity index (χ2v) is 4.16. The number of hydrogen-bond donors (Lipinski definition) is 0. The zero-order valence-electron chi connectivity index (χ0n) is 8.74. The summed E-state index contributed by atoms with van der Waals surface area (Å²) in [7, 11) is 3.95. The van der Waals surface area contributed by atoms with Gasteiger partial charge in [0, 0.05) is 13.5 Å². The van der Waals surface area contributed by atoms with Gasteiger partial charge in [0.1, 0.15) is 7.05 Å². The SMILES string of the molecule is CN1C(=O)C=[N+](C)C2CCCCC21.[Cl-]. The number of fused-ring (bicyclic) bond motifs is 1. The van der Waals surface area contributed by atoms with Crippen LogP contribution in [0.25, 0.3) is 0 Å². The van der Waals surface area contributed by atoms with Gasteiger partial charge in [-0.1, -0.05) is 6.42 Å². The fourth-order valence-electron chi connectivity index (χ4n) is 2.54. The largest absolute Gasteiger partial charge is 1.00 e. The van der Waals surface area contributed by atoms with E-state index in [0.29, 0.717) is 12.1 Å². The topological polar surface area (TPSA) is 23.3 Å². The van der Waals surface area contributed by atoms with Gasteiger partial charge < -0.3 is 17.3 Å². The molecule has 1 saturated carbocycles. The fourth-order valence-corrected chi connectivity index (χ4v) is 2.54. The van der Waals surface area contributed by atoms with Gasteiger partial charge in [-0.05, 0) is 12.8 Å². The molecule has 0 aromatic carbocycles. The van der Waals surface area contributed by atoms with Crippen molar-refractivity contribution in [2.24, 2.45) is 0 Å². The highest BCUT2D eigenvalue weighted by Crippen LogP contribution is 2.25. The van der Waals surface area contributed by atoms with Crippen LogP contribution < -0.4 is 12.4 Å². The number of carbonyl (C=O) groups is 1. The summed E-state index contributed by atoms with van der Waals surface area (Å²) < 4.78 is 2.10. The zero-order chi connectivity index (χ0) is 9.42. The molecule has 14 heavy (non-hydrogen) atoms. The van der Waals surface area contributed by atoms with E-state index in [4.69, 9.17) is 0 Å². The molecule has 2 unspecified atom stereocenters. The first kappa shape index (κ1) is 11.5. The van der Waals surface area contributed by atoms with Gasteiger partial charge in [0.05, 0.1) is 6.04 Å². The van der Waals surface area contributed by atoms with Crippen molar-refractivity contribution in [1.82, 2.24) is 4.90 Å². The van der Waals surface area contributed by atoms with Gasteiger partial charge in [-0.2, -0.15) is 0 Å². The summed E-state index contributed by atoms with van der Waals surface area (Å²) in [5, 5.41) is 0. The predicted molar refractivity (Wildman–Crippen MR) is 51.1 cm³/mol. The van der Waals surface area contributed by atoms with Crippen molar-refractivity contribution in [3.8, 4) is 0 Å². The normalized spacial score (nSPS) is 31.7. The number of carbonyl (C=O) groups excluding carboxylic acids is 1. The maximum Gasteiger partial charge on any atom is 0.310 e. The molecule has 2 rings (SSSR count). The van der Waals surface area contributed by atoms with Crippen molar-refractivity contribution in [1.29, 1.82) is 0 Å². The summed E-state index contributed by atoms with van der Waals surface area (Å²) in [6, 6.07) is 1.02. The molecule has 1 fully saturated rings. The van der Waals surface area contributed by atoms with Crippen LogP contribution in [0.4, 0.5) is 0 Å². The van der Waals surface area contributed by atoms with Crippen molar-refractivity contribution in [3.63, 3.8) is 0 Å². The molecule has 3 nitrogen and oxygen atoms in total. The fraction of sp³-hybridized carbons (Fsp3) is 0.800. The standard InChI is InChI=1S/C10H17N2O.ClH/c1-11-7-10(13)12(2)9-6-4-3-5-8(9)11;/h7-9H,3-6H2,1-2H3;1H/q+1;/p-1. The maximum absolute atomic E-state index is 11.5. The summed E-state index contributed by atoms with van der Waals surface area (Å²) in [5.41, 5.74) is 0. The van der Waals surface area contributed by atoms with Crippen LogP contribution in [-0.4, -0.2) is 47.8 Å². The Bertz CT molecular complexity index is 265. The second kappa shape index (κ2) is 4.30. The van der Waals surface area contributed by atoms with Crippen molar-refractivity contribution < 1.29 is 21.8 Å². The van der Waals surface area contributed by atoms with Gasteiger partial charge in [0.25, 0.3) is 0 Å². The van der Waals surface area contributed by atoms with Gasteiger partial charge in [-0.15, -0.1) is 0 Å². The molecule has 0 aromatic rings. The van der Waals surface area contributed by atoms with E-state index in [2.05, 4.69) is 4.58 Å². The minimum absolute atomic E-state index is 0.